The van der Waals surface area contributed by atoms with Gasteiger partial charge in [0.05, 0.1) is 12.6 Å². The maximum Gasteiger partial charge on any atom is 0.326 e. The summed E-state index contributed by atoms with van der Waals surface area (Å²) in [4.78, 5) is 39.2. The Morgan fingerprint density at radius 1 is 1.10 bits per heavy atom. The van der Waals surface area contributed by atoms with Crippen molar-refractivity contribution in [2.75, 3.05) is 6.61 Å². The molecule has 1 aliphatic heterocycles. The predicted molar refractivity (Wildman–Crippen MR) is 113 cm³/mol. The molecule has 30 heavy (non-hydrogen) atoms. The summed E-state index contributed by atoms with van der Waals surface area (Å²) in [6.45, 7) is 3.84. The first-order valence-electron chi connectivity index (χ1n) is 11.9. The van der Waals surface area contributed by atoms with E-state index < -0.39 is 24.1 Å². The summed E-state index contributed by atoms with van der Waals surface area (Å²) in [6.07, 6.45) is 11.3. The summed E-state index contributed by atoms with van der Waals surface area (Å²) >= 11 is 0. The molecule has 0 aromatic carbocycles. The number of carboxylic acids is 1. The lowest BCUT2D eigenvalue weighted by atomic mass is 9.85. The van der Waals surface area contributed by atoms with E-state index in [1.54, 1.807) is 18.7 Å². The van der Waals surface area contributed by atoms with Crippen LogP contribution in [0.3, 0.4) is 0 Å². The van der Waals surface area contributed by atoms with Crippen molar-refractivity contribution in [3.8, 4) is 0 Å². The maximum absolute atomic E-state index is 13.3. The molecule has 3 aliphatic rings. The van der Waals surface area contributed by atoms with Gasteiger partial charge in [-0.2, -0.15) is 0 Å². The van der Waals surface area contributed by atoms with Gasteiger partial charge >= 0.3 is 11.9 Å². The van der Waals surface area contributed by atoms with Crippen molar-refractivity contribution in [1.29, 1.82) is 0 Å². The van der Waals surface area contributed by atoms with E-state index in [0.717, 1.165) is 25.7 Å². The monoisotopic (exact) mass is 422 g/mol. The third kappa shape index (κ3) is 5.34. The summed E-state index contributed by atoms with van der Waals surface area (Å²) in [6, 6.07) is -1.88. The molecule has 2 N–H and O–H groups in total. The van der Waals surface area contributed by atoms with Gasteiger partial charge in [-0.25, -0.2) is 4.79 Å². The molecular weight excluding hydrogens is 384 g/mol. The molecule has 0 aromatic rings. The number of rotatable bonds is 9. The van der Waals surface area contributed by atoms with Crippen molar-refractivity contribution in [3.63, 3.8) is 0 Å². The summed E-state index contributed by atoms with van der Waals surface area (Å²) in [5.41, 5.74) is 0. The molecule has 0 spiro atoms. The maximum atomic E-state index is 13.3. The highest BCUT2D eigenvalue weighted by Gasteiger charge is 2.49. The number of nitrogens with zero attached hydrogens (tertiary/aromatic N) is 1. The number of ether oxygens (including phenoxy) is 1. The fraction of sp³-hybridized carbons (Fsp3) is 0.870. The minimum atomic E-state index is -0.927. The van der Waals surface area contributed by atoms with E-state index in [9.17, 15) is 19.5 Å². The fourth-order valence-corrected chi connectivity index (χ4v) is 5.81. The van der Waals surface area contributed by atoms with Crippen molar-refractivity contribution in [2.24, 2.45) is 11.8 Å². The quantitative estimate of drug-likeness (QED) is 0.554. The van der Waals surface area contributed by atoms with Crippen LogP contribution in [0.5, 0.6) is 0 Å². The Kier molecular flexibility index (Phi) is 8.14. The second kappa shape index (κ2) is 10.6. The summed E-state index contributed by atoms with van der Waals surface area (Å²) in [5.74, 6) is -0.525. The van der Waals surface area contributed by atoms with Crippen molar-refractivity contribution in [3.05, 3.63) is 0 Å². The highest BCUT2D eigenvalue weighted by atomic mass is 16.5. The van der Waals surface area contributed by atoms with Gasteiger partial charge in [-0.15, -0.1) is 0 Å². The molecule has 3 unspecified atom stereocenters. The molecule has 5 atom stereocenters. The SMILES string of the molecule is CCOC(=O)[C@H](CCC1CCCCC1)NC(C)C(=O)N1C(C(=O)O)CC2CCC[C@@H]21. The van der Waals surface area contributed by atoms with Crippen LogP contribution in [-0.2, 0) is 19.1 Å². The average molecular weight is 423 g/mol. The van der Waals surface area contributed by atoms with E-state index in [1.165, 1.54) is 32.1 Å². The van der Waals surface area contributed by atoms with Crippen LogP contribution in [0.1, 0.15) is 84.5 Å². The number of likely N-dealkylation sites (tertiary alicyclic amines) is 1. The number of hydrogen-bond acceptors (Lipinski definition) is 5. The number of carbonyl (C=O) groups excluding carboxylic acids is 2. The fourth-order valence-electron chi connectivity index (χ4n) is 5.81. The largest absolute Gasteiger partial charge is 0.480 e. The molecule has 2 saturated carbocycles. The van der Waals surface area contributed by atoms with E-state index in [0.29, 0.717) is 25.4 Å². The Morgan fingerprint density at radius 3 is 2.50 bits per heavy atom. The van der Waals surface area contributed by atoms with Crippen LogP contribution in [0.15, 0.2) is 0 Å². The lowest BCUT2D eigenvalue weighted by Crippen LogP contribution is -2.55. The zero-order valence-corrected chi connectivity index (χ0v) is 18.5. The van der Waals surface area contributed by atoms with E-state index in [1.807, 2.05) is 0 Å². The minimum absolute atomic E-state index is 0.0196. The molecule has 3 fully saturated rings. The minimum Gasteiger partial charge on any atom is -0.480 e. The van der Waals surface area contributed by atoms with Crippen molar-refractivity contribution < 1.29 is 24.2 Å². The Bertz CT molecular complexity index is 619. The Labute approximate surface area is 179 Å². The van der Waals surface area contributed by atoms with Gasteiger partial charge in [-0.1, -0.05) is 38.5 Å². The molecule has 3 rings (SSSR count). The smallest absolute Gasteiger partial charge is 0.326 e. The summed E-state index contributed by atoms with van der Waals surface area (Å²) < 4.78 is 5.26. The summed E-state index contributed by atoms with van der Waals surface area (Å²) in [5, 5.41) is 12.8. The molecule has 0 radical (unpaired) electrons. The van der Waals surface area contributed by atoms with E-state index in [-0.39, 0.29) is 23.8 Å². The predicted octanol–water partition coefficient (Wildman–Crippen LogP) is 3.11. The molecule has 170 valence electrons. The number of esters is 1. The number of hydrogen-bond donors (Lipinski definition) is 2. The first-order valence-corrected chi connectivity index (χ1v) is 11.9. The molecule has 1 saturated heterocycles. The number of amides is 1. The van der Waals surface area contributed by atoms with Gasteiger partial charge < -0.3 is 14.7 Å². The zero-order valence-electron chi connectivity index (χ0n) is 18.5. The normalized spacial score (nSPS) is 28.7. The van der Waals surface area contributed by atoms with Crippen LogP contribution in [0.2, 0.25) is 0 Å². The van der Waals surface area contributed by atoms with Gasteiger partial charge in [-0.3, -0.25) is 14.9 Å². The van der Waals surface area contributed by atoms with Crippen LogP contribution in [0.4, 0.5) is 0 Å². The topological polar surface area (TPSA) is 95.9 Å². The third-order valence-corrected chi connectivity index (χ3v) is 7.36. The van der Waals surface area contributed by atoms with Crippen molar-refractivity contribution in [1.82, 2.24) is 10.2 Å². The molecule has 0 aromatic heterocycles. The van der Waals surface area contributed by atoms with Gasteiger partial charge in [0.15, 0.2) is 0 Å². The van der Waals surface area contributed by atoms with Gasteiger partial charge in [0.1, 0.15) is 12.1 Å². The molecule has 7 nitrogen and oxygen atoms in total. The Hall–Kier alpha value is -1.63. The van der Waals surface area contributed by atoms with Gasteiger partial charge in [-0.05, 0) is 57.8 Å². The number of nitrogens with one attached hydrogen (secondary N) is 1. The first-order chi connectivity index (χ1) is 14.4. The van der Waals surface area contributed by atoms with Crippen LogP contribution < -0.4 is 5.32 Å². The Morgan fingerprint density at radius 2 is 1.83 bits per heavy atom. The third-order valence-electron chi connectivity index (χ3n) is 7.36. The van der Waals surface area contributed by atoms with Gasteiger partial charge in [0.25, 0.3) is 0 Å². The van der Waals surface area contributed by atoms with E-state index >= 15 is 0 Å². The molecule has 1 heterocycles. The highest BCUT2D eigenvalue weighted by Crippen LogP contribution is 2.41. The van der Waals surface area contributed by atoms with E-state index in [2.05, 4.69) is 5.32 Å². The molecule has 0 bridgehead atoms. The summed E-state index contributed by atoms with van der Waals surface area (Å²) in [7, 11) is 0. The number of carbonyl (C=O) groups is 3. The van der Waals surface area contributed by atoms with Crippen molar-refractivity contribution in [2.45, 2.75) is 109 Å². The number of carboxylic acid groups (broad SMARTS) is 1. The second-order valence-corrected chi connectivity index (χ2v) is 9.37. The van der Waals surface area contributed by atoms with Crippen LogP contribution in [0, 0.1) is 11.8 Å². The Balaban J connectivity index is 1.64. The molecular formula is C23H38N2O5. The number of fused-ring (bicyclic) bond motifs is 1. The molecule has 7 heteroatoms. The second-order valence-electron chi connectivity index (χ2n) is 9.37. The van der Waals surface area contributed by atoms with Gasteiger partial charge in [0, 0.05) is 6.04 Å². The van der Waals surface area contributed by atoms with Crippen LogP contribution >= 0.6 is 0 Å². The number of aliphatic carboxylic acids is 1. The molecule has 2 aliphatic carbocycles. The zero-order chi connectivity index (χ0) is 21.7. The van der Waals surface area contributed by atoms with Crippen molar-refractivity contribution >= 4 is 17.8 Å². The lowest BCUT2D eigenvalue weighted by Gasteiger charge is -2.32. The van der Waals surface area contributed by atoms with E-state index in [4.69, 9.17) is 4.74 Å². The van der Waals surface area contributed by atoms with Crippen LogP contribution in [-0.4, -0.2) is 58.6 Å². The highest BCUT2D eigenvalue weighted by molar-refractivity contribution is 5.88. The standard InChI is InChI=1S/C23H38N2O5/c1-3-30-23(29)18(13-12-16-8-5-4-6-9-16)24-15(2)21(26)25-19-11-7-10-17(19)14-20(25)22(27)28/h15-20,24H,3-14H2,1-2H3,(H,27,28)/t15?,17?,18-,19-,20?/m0/s1. The first kappa shape index (κ1) is 23.0. The average Bonchev–Trinajstić information content (AvgIpc) is 3.32. The molecule has 1 amide bonds. The van der Waals surface area contributed by atoms with Gasteiger partial charge in [0.2, 0.25) is 5.91 Å². The van der Waals surface area contributed by atoms with Crippen LogP contribution in [0.25, 0.3) is 0 Å². The lowest BCUT2D eigenvalue weighted by molar-refractivity contribution is -0.151.